The molecule has 104 valence electrons. The molecular formula is C17H20N2O. The Morgan fingerprint density at radius 3 is 2.40 bits per heavy atom. The van der Waals surface area contributed by atoms with Gasteiger partial charge in [0.15, 0.2) is 0 Å². The molecule has 3 nitrogen and oxygen atoms in total. The molecule has 2 rings (SSSR count). The van der Waals surface area contributed by atoms with E-state index in [0.717, 1.165) is 17.7 Å². The van der Waals surface area contributed by atoms with Crippen molar-refractivity contribution in [2.75, 3.05) is 5.32 Å². The molecule has 2 aromatic carbocycles. The molecule has 3 heteroatoms. The SMILES string of the molecule is Cc1ccc(NC(=O)[C@@H](N)CCc2ccccc2)cc1. The van der Waals surface area contributed by atoms with Crippen LogP contribution in [0.25, 0.3) is 0 Å². The van der Waals surface area contributed by atoms with Gasteiger partial charge in [0, 0.05) is 5.69 Å². The average molecular weight is 268 g/mol. The lowest BCUT2D eigenvalue weighted by atomic mass is 10.1. The van der Waals surface area contributed by atoms with Gasteiger partial charge in [0.05, 0.1) is 6.04 Å². The van der Waals surface area contributed by atoms with E-state index >= 15 is 0 Å². The van der Waals surface area contributed by atoms with Crippen molar-refractivity contribution in [1.29, 1.82) is 0 Å². The molecule has 3 N–H and O–H groups in total. The zero-order chi connectivity index (χ0) is 14.4. The Balaban J connectivity index is 1.84. The van der Waals surface area contributed by atoms with Crippen molar-refractivity contribution in [3.05, 3.63) is 65.7 Å². The topological polar surface area (TPSA) is 55.1 Å². The first kappa shape index (κ1) is 14.3. The van der Waals surface area contributed by atoms with E-state index in [-0.39, 0.29) is 5.91 Å². The molecule has 0 bridgehead atoms. The third kappa shape index (κ3) is 4.21. The van der Waals surface area contributed by atoms with Crippen LogP contribution in [0.1, 0.15) is 17.5 Å². The van der Waals surface area contributed by atoms with Crippen molar-refractivity contribution in [3.63, 3.8) is 0 Å². The summed E-state index contributed by atoms with van der Waals surface area (Å²) in [5, 5.41) is 2.84. The van der Waals surface area contributed by atoms with Gasteiger partial charge in [-0.2, -0.15) is 0 Å². The lowest BCUT2D eigenvalue weighted by molar-refractivity contribution is -0.117. The summed E-state index contributed by atoms with van der Waals surface area (Å²) in [6, 6.07) is 17.3. The summed E-state index contributed by atoms with van der Waals surface area (Å²) in [6.07, 6.45) is 1.45. The Labute approximate surface area is 119 Å². The highest BCUT2D eigenvalue weighted by molar-refractivity contribution is 5.94. The van der Waals surface area contributed by atoms with Crippen LogP contribution in [-0.4, -0.2) is 11.9 Å². The van der Waals surface area contributed by atoms with Crippen molar-refractivity contribution in [1.82, 2.24) is 0 Å². The molecule has 0 fully saturated rings. The maximum Gasteiger partial charge on any atom is 0.241 e. The first-order chi connectivity index (χ1) is 9.65. The average Bonchev–Trinajstić information content (AvgIpc) is 2.48. The fourth-order valence-corrected chi connectivity index (χ4v) is 1.97. The summed E-state index contributed by atoms with van der Waals surface area (Å²) in [4.78, 5) is 12.0. The van der Waals surface area contributed by atoms with Gasteiger partial charge in [0.1, 0.15) is 0 Å². The maximum atomic E-state index is 12.0. The van der Waals surface area contributed by atoms with Crippen LogP contribution in [0.3, 0.4) is 0 Å². The van der Waals surface area contributed by atoms with Crippen LogP contribution in [0, 0.1) is 6.92 Å². The number of hydrogen-bond acceptors (Lipinski definition) is 2. The number of anilines is 1. The fraction of sp³-hybridized carbons (Fsp3) is 0.235. The zero-order valence-electron chi connectivity index (χ0n) is 11.7. The number of carbonyl (C=O) groups excluding carboxylic acids is 1. The number of nitrogens with two attached hydrogens (primary N) is 1. The Bertz CT molecular complexity index is 549. The van der Waals surface area contributed by atoms with Gasteiger partial charge in [-0.15, -0.1) is 0 Å². The van der Waals surface area contributed by atoms with Crippen LogP contribution in [-0.2, 0) is 11.2 Å². The zero-order valence-corrected chi connectivity index (χ0v) is 11.7. The molecule has 0 spiro atoms. The normalized spacial score (nSPS) is 11.9. The molecule has 0 radical (unpaired) electrons. The molecular weight excluding hydrogens is 248 g/mol. The van der Waals surface area contributed by atoms with Crippen molar-refractivity contribution in [2.24, 2.45) is 5.73 Å². The smallest absolute Gasteiger partial charge is 0.241 e. The second kappa shape index (κ2) is 6.87. The molecule has 0 saturated heterocycles. The molecule has 0 aliphatic rings. The fourth-order valence-electron chi connectivity index (χ4n) is 1.97. The second-order valence-electron chi connectivity index (χ2n) is 4.99. The molecule has 0 unspecified atom stereocenters. The van der Waals surface area contributed by atoms with E-state index in [0.29, 0.717) is 6.42 Å². The minimum absolute atomic E-state index is 0.134. The number of hydrogen-bond donors (Lipinski definition) is 2. The summed E-state index contributed by atoms with van der Waals surface area (Å²) >= 11 is 0. The summed E-state index contributed by atoms with van der Waals surface area (Å²) in [5.74, 6) is -0.134. The summed E-state index contributed by atoms with van der Waals surface area (Å²) in [7, 11) is 0. The van der Waals surface area contributed by atoms with Crippen molar-refractivity contribution < 1.29 is 4.79 Å². The van der Waals surface area contributed by atoms with Gasteiger partial charge in [-0.05, 0) is 37.5 Å². The van der Waals surface area contributed by atoms with Crippen LogP contribution < -0.4 is 11.1 Å². The van der Waals surface area contributed by atoms with Gasteiger partial charge in [-0.3, -0.25) is 4.79 Å². The maximum absolute atomic E-state index is 12.0. The third-order valence-electron chi connectivity index (χ3n) is 3.24. The van der Waals surface area contributed by atoms with Gasteiger partial charge >= 0.3 is 0 Å². The molecule has 1 atom stereocenters. The Kier molecular flexibility index (Phi) is 4.91. The molecule has 0 aliphatic carbocycles. The van der Waals surface area contributed by atoms with Gasteiger partial charge in [-0.1, -0.05) is 48.0 Å². The van der Waals surface area contributed by atoms with E-state index in [2.05, 4.69) is 5.32 Å². The lowest BCUT2D eigenvalue weighted by Crippen LogP contribution is -2.36. The highest BCUT2D eigenvalue weighted by atomic mass is 16.2. The molecule has 0 aromatic heterocycles. The minimum Gasteiger partial charge on any atom is -0.325 e. The van der Waals surface area contributed by atoms with Crippen LogP contribution in [0.4, 0.5) is 5.69 Å². The van der Waals surface area contributed by atoms with Gasteiger partial charge in [-0.25, -0.2) is 0 Å². The van der Waals surface area contributed by atoms with Crippen LogP contribution >= 0.6 is 0 Å². The van der Waals surface area contributed by atoms with Crippen molar-refractivity contribution >= 4 is 11.6 Å². The predicted molar refractivity (Wildman–Crippen MR) is 82.5 cm³/mol. The highest BCUT2D eigenvalue weighted by Gasteiger charge is 2.13. The predicted octanol–water partition coefficient (Wildman–Crippen LogP) is 2.89. The first-order valence-corrected chi connectivity index (χ1v) is 6.82. The van der Waals surface area contributed by atoms with E-state index in [1.165, 1.54) is 5.56 Å². The van der Waals surface area contributed by atoms with Gasteiger partial charge < -0.3 is 11.1 Å². The number of amides is 1. The number of carbonyl (C=O) groups is 1. The summed E-state index contributed by atoms with van der Waals surface area (Å²) < 4.78 is 0. The monoisotopic (exact) mass is 268 g/mol. The van der Waals surface area contributed by atoms with E-state index in [4.69, 9.17) is 5.73 Å². The quantitative estimate of drug-likeness (QED) is 0.876. The minimum atomic E-state index is -0.489. The standard InChI is InChI=1S/C17H20N2O/c1-13-7-10-15(11-8-13)19-17(20)16(18)12-9-14-5-3-2-4-6-14/h2-8,10-11,16H,9,12,18H2,1H3,(H,19,20)/t16-/m0/s1. The Morgan fingerprint density at radius 2 is 1.75 bits per heavy atom. The molecule has 0 saturated carbocycles. The molecule has 1 amide bonds. The highest BCUT2D eigenvalue weighted by Crippen LogP contribution is 2.10. The number of rotatable bonds is 5. The molecule has 20 heavy (non-hydrogen) atoms. The van der Waals surface area contributed by atoms with Crippen molar-refractivity contribution in [2.45, 2.75) is 25.8 Å². The second-order valence-corrected chi connectivity index (χ2v) is 4.99. The van der Waals surface area contributed by atoms with E-state index < -0.39 is 6.04 Å². The largest absolute Gasteiger partial charge is 0.325 e. The van der Waals surface area contributed by atoms with Crippen LogP contribution in [0.15, 0.2) is 54.6 Å². The molecule has 0 aliphatic heterocycles. The number of nitrogens with one attached hydrogen (secondary N) is 1. The lowest BCUT2D eigenvalue weighted by Gasteiger charge is -2.12. The van der Waals surface area contributed by atoms with Gasteiger partial charge in [0.2, 0.25) is 5.91 Å². The molecule has 0 heterocycles. The van der Waals surface area contributed by atoms with Gasteiger partial charge in [0.25, 0.3) is 0 Å². The molecule has 2 aromatic rings. The van der Waals surface area contributed by atoms with Crippen LogP contribution in [0.5, 0.6) is 0 Å². The van der Waals surface area contributed by atoms with E-state index in [1.807, 2.05) is 61.5 Å². The third-order valence-corrected chi connectivity index (χ3v) is 3.24. The summed E-state index contributed by atoms with van der Waals surface area (Å²) in [5.41, 5.74) is 9.08. The summed E-state index contributed by atoms with van der Waals surface area (Å²) in [6.45, 7) is 2.01. The van der Waals surface area contributed by atoms with Crippen molar-refractivity contribution in [3.8, 4) is 0 Å². The Morgan fingerprint density at radius 1 is 1.10 bits per heavy atom. The van der Waals surface area contributed by atoms with E-state index in [9.17, 15) is 4.79 Å². The van der Waals surface area contributed by atoms with Crippen LogP contribution in [0.2, 0.25) is 0 Å². The Hall–Kier alpha value is -2.13. The number of benzene rings is 2. The number of aryl methyl sites for hydroxylation is 2. The first-order valence-electron chi connectivity index (χ1n) is 6.82. The van der Waals surface area contributed by atoms with E-state index in [1.54, 1.807) is 0 Å².